The minimum atomic E-state index is 0.460. The van der Waals surface area contributed by atoms with Crippen molar-refractivity contribution in [2.24, 2.45) is 4.99 Å². The predicted molar refractivity (Wildman–Crippen MR) is 79.6 cm³/mol. The number of hydrogen-bond acceptors (Lipinski definition) is 4. The molecule has 0 aliphatic rings. The Morgan fingerprint density at radius 1 is 1.35 bits per heavy atom. The topological polar surface area (TPSA) is 57.9 Å². The second-order valence-corrected chi connectivity index (χ2v) is 4.37. The van der Waals surface area contributed by atoms with Crippen molar-refractivity contribution in [1.82, 2.24) is 4.90 Å². The van der Waals surface area contributed by atoms with Gasteiger partial charge in [0.05, 0.1) is 18.6 Å². The van der Waals surface area contributed by atoms with Crippen LogP contribution in [0.4, 0.5) is 5.69 Å². The van der Waals surface area contributed by atoms with Crippen LogP contribution in [-0.2, 0) is 4.74 Å². The molecule has 20 heavy (non-hydrogen) atoms. The van der Waals surface area contributed by atoms with Gasteiger partial charge >= 0.3 is 0 Å². The van der Waals surface area contributed by atoms with Crippen LogP contribution in [0.1, 0.15) is 18.9 Å². The van der Waals surface area contributed by atoms with Crippen LogP contribution >= 0.6 is 0 Å². The quantitative estimate of drug-likeness (QED) is 0.415. The number of benzene rings is 1. The highest BCUT2D eigenvalue weighted by Gasteiger charge is 2.08. The lowest BCUT2D eigenvalue weighted by molar-refractivity contribution is 0.131. The first-order valence-electron chi connectivity index (χ1n) is 6.63. The summed E-state index contributed by atoms with van der Waals surface area (Å²) in [6.45, 7) is 3.85. The van der Waals surface area contributed by atoms with Gasteiger partial charge in [0.2, 0.25) is 0 Å². The summed E-state index contributed by atoms with van der Waals surface area (Å²) < 4.78 is 10.9. The fourth-order valence-corrected chi connectivity index (χ4v) is 1.52. The Kier molecular flexibility index (Phi) is 7.15. The molecule has 0 aliphatic heterocycles. The third-order valence-corrected chi connectivity index (χ3v) is 2.44. The average Bonchev–Trinajstić information content (AvgIpc) is 2.44. The van der Waals surface area contributed by atoms with Crippen LogP contribution in [0.15, 0.2) is 23.2 Å². The summed E-state index contributed by atoms with van der Waals surface area (Å²) in [6, 6.07) is 7.57. The molecule has 0 radical (unpaired) electrons. The van der Waals surface area contributed by atoms with E-state index in [0.29, 0.717) is 36.8 Å². The zero-order valence-electron chi connectivity index (χ0n) is 12.3. The molecule has 1 aromatic rings. The van der Waals surface area contributed by atoms with Crippen molar-refractivity contribution in [3.8, 4) is 11.8 Å². The number of nitrogens with zero attached hydrogens (tertiary/aromatic N) is 3. The molecule has 0 fully saturated rings. The molecule has 0 heterocycles. The van der Waals surface area contributed by atoms with Gasteiger partial charge in [-0.05, 0) is 19.1 Å². The summed E-state index contributed by atoms with van der Waals surface area (Å²) in [6.07, 6.45) is 2.46. The van der Waals surface area contributed by atoms with Gasteiger partial charge in [0.15, 0.2) is 0 Å². The SMILES string of the molecule is CCOCCCOc1cccc(N=CN(C)C)c1C#N. The summed E-state index contributed by atoms with van der Waals surface area (Å²) in [5.74, 6) is 0.567. The third-order valence-electron chi connectivity index (χ3n) is 2.44. The van der Waals surface area contributed by atoms with Crippen LogP contribution in [-0.4, -0.2) is 45.2 Å². The second-order valence-electron chi connectivity index (χ2n) is 4.37. The minimum absolute atomic E-state index is 0.460. The Hall–Kier alpha value is -2.06. The zero-order chi connectivity index (χ0) is 14.8. The van der Waals surface area contributed by atoms with E-state index < -0.39 is 0 Å². The zero-order valence-corrected chi connectivity index (χ0v) is 12.3. The number of hydrogen-bond donors (Lipinski definition) is 0. The van der Waals surface area contributed by atoms with Crippen molar-refractivity contribution in [2.45, 2.75) is 13.3 Å². The lowest BCUT2D eigenvalue weighted by Crippen LogP contribution is -2.07. The average molecular weight is 275 g/mol. The Morgan fingerprint density at radius 2 is 2.15 bits per heavy atom. The lowest BCUT2D eigenvalue weighted by Gasteiger charge is -2.09. The Labute approximate surface area is 120 Å². The normalized spacial score (nSPS) is 10.5. The van der Waals surface area contributed by atoms with Crippen LogP contribution < -0.4 is 4.74 Å². The fourth-order valence-electron chi connectivity index (χ4n) is 1.52. The molecular formula is C15H21N3O2. The standard InChI is InChI=1S/C15H21N3O2/c1-4-19-9-6-10-20-15-8-5-7-14(13(15)11-16)17-12-18(2)3/h5,7-8,12H,4,6,9-10H2,1-3H3. The summed E-state index contributed by atoms with van der Waals surface area (Å²) in [5.41, 5.74) is 1.07. The van der Waals surface area contributed by atoms with Gasteiger partial charge in [-0.2, -0.15) is 5.26 Å². The van der Waals surface area contributed by atoms with Crippen molar-refractivity contribution in [1.29, 1.82) is 5.26 Å². The lowest BCUT2D eigenvalue weighted by atomic mass is 10.2. The maximum Gasteiger partial charge on any atom is 0.139 e. The largest absolute Gasteiger partial charge is 0.492 e. The van der Waals surface area contributed by atoms with Crippen LogP contribution in [0.25, 0.3) is 0 Å². The third kappa shape index (κ3) is 5.29. The van der Waals surface area contributed by atoms with E-state index in [9.17, 15) is 5.26 Å². The maximum absolute atomic E-state index is 9.26. The molecule has 0 saturated carbocycles. The van der Waals surface area contributed by atoms with Gasteiger partial charge in [0.25, 0.3) is 0 Å². The number of ether oxygens (including phenoxy) is 2. The molecule has 1 rings (SSSR count). The van der Waals surface area contributed by atoms with Gasteiger partial charge in [0.1, 0.15) is 17.4 Å². The molecular weight excluding hydrogens is 254 g/mol. The maximum atomic E-state index is 9.26. The molecule has 108 valence electrons. The summed E-state index contributed by atoms with van der Waals surface area (Å²) in [4.78, 5) is 6.08. The van der Waals surface area contributed by atoms with Gasteiger partial charge in [0, 0.05) is 33.7 Å². The van der Waals surface area contributed by atoms with Crippen LogP contribution in [0.3, 0.4) is 0 Å². The van der Waals surface area contributed by atoms with Crippen LogP contribution in [0, 0.1) is 11.3 Å². The number of rotatable bonds is 8. The minimum Gasteiger partial charge on any atom is -0.492 e. The molecule has 0 aliphatic carbocycles. The van der Waals surface area contributed by atoms with Gasteiger partial charge < -0.3 is 14.4 Å². The molecule has 0 spiro atoms. The first kappa shape index (κ1) is 16.0. The van der Waals surface area contributed by atoms with Crippen molar-refractivity contribution in [3.63, 3.8) is 0 Å². The monoisotopic (exact) mass is 275 g/mol. The molecule has 5 heteroatoms. The van der Waals surface area contributed by atoms with E-state index in [4.69, 9.17) is 9.47 Å². The molecule has 5 nitrogen and oxygen atoms in total. The Balaban J connectivity index is 2.71. The summed E-state index contributed by atoms with van der Waals surface area (Å²) in [5, 5.41) is 9.26. The number of aliphatic imine (C=N–C) groups is 1. The molecule has 0 bridgehead atoms. The van der Waals surface area contributed by atoms with Gasteiger partial charge in [-0.15, -0.1) is 0 Å². The van der Waals surface area contributed by atoms with Crippen molar-refractivity contribution in [3.05, 3.63) is 23.8 Å². The highest BCUT2D eigenvalue weighted by molar-refractivity contribution is 5.67. The summed E-state index contributed by atoms with van der Waals surface area (Å²) in [7, 11) is 3.76. The Morgan fingerprint density at radius 3 is 2.80 bits per heavy atom. The summed E-state index contributed by atoms with van der Waals surface area (Å²) >= 11 is 0. The molecule has 0 aromatic heterocycles. The van der Waals surface area contributed by atoms with Gasteiger partial charge in [-0.3, -0.25) is 0 Å². The van der Waals surface area contributed by atoms with E-state index in [1.807, 2.05) is 32.0 Å². The molecule has 0 saturated heterocycles. The highest BCUT2D eigenvalue weighted by atomic mass is 16.5. The van der Waals surface area contributed by atoms with E-state index in [1.165, 1.54) is 0 Å². The molecule has 0 unspecified atom stereocenters. The van der Waals surface area contributed by atoms with Crippen molar-refractivity contribution in [2.75, 3.05) is 33.9 Å². The van der Waals surface area contributed by atoms with E-state index in [0.717, 1.165) is 6.42 Å². The van der Waals surface area contributed by atoms with E-state index in [1.54, 1.807) is 18.5 Å². The van der Waals surface area contributed by atoms with E-state index in [-0.39, 0.29) is 0 Å². The smallest absolute Gasteiger partial charge is 0.139 e. The molecule has 0 amide bonds. The predicted octanol–water partition coefficient (Wildman–Crippen LogP) is 2.59. The molecule has 0 N–H and O–H groups in total. The highest BCUT2D eigenvalue weighted by Crippen LogP contribution is 2.27. The van der Waals surface area contributed by atoms with Gasteiger partial charge in [-0.1, -0.05) is 6.07 Å². The van der Waals surface area contributed by atoms with E-state index in [2.05, 4.69) is 11.1 Å². The first-order chi connectivity index (χ1) is 9.69. The first-order valence-corrected chi connectivity index (χ1v) is 6.63. The Bertz CT molecular complexity index is 478. The molecule has 1 aromatic carbocycles. The van der Waals surface area contributed by atoms with Crippen LogP contribution in [0.5, 0.6) is 5.75 Å². The van der Waals surface area contributed by atoms with Crippen molar-refractivity contribution >= 4 is 12.0 Å². The van der Waals surface area contributed by atoms with E-state index >= 15 is 0 Å². The van der Waals surface area contributed by atoms with Crippen LogP contribution in [0.2, 0.25) is 0 Å². The molecule has 0 atom stereocenters. The second kappa shape index (κ2) is 8.94. The van der Waals surface area contributed by atoms with Gasteiger partial charge in [-0.25, -0.2) is 4.99 Å². The number of nitriles is 1. The fraction of sp³-hybridized carbons (Fsp3) is 0.467. The van der Waals surface area contributed by atoms with Crippen molar-refractivity contribution < 1.29 is 9.47 Å².